The Hall–Kier alpha value is -3.98. The molecule has 0 bridgehead atoms. The lowest BCUT2D eigenvalue weighted by Gasteiger charge is -2.30. The van der Waals surface area contributed by atoms with Crippen LogP contribution in [-0.2, 0) is 14.6 Å². The molecule has 1 amide bonds. The van der Waals surface area contributed by atoms with Gasteiger partial charge in [0, 0.05) is 44.1 Å². The van der Waals surface area contributed by atoms with E-state index in [1.54, 1.807) is 18.2 Å². The van der Waals surface area contributed by atoms with Crippen LogP contribution in [0.5, 0.6) is 0 Å². The minimum atomic E-state index is -5.08. The van der Waals surface area contributed by atoms with Crippen molar-refractivity contribution < 1.29 is 36.3 Å². The predicted molar refractivity (Wildman–Crippen MR) is 153 cm³/mol. The molecule has 1 aromatic carbocycles. The molecule has 3 N–H and O–H groups in total. The van der Waals surface area contributed by atoms with Gasteiger partial charge >= 0.3 is 12.1 Å². The predicted octanol–water partition coefficient (Wildman–Crippen LogP) is 4.52. The average Bonchev–Trinajstić information content (AvgIpc) is 2.93. The fraction of sp³-hybridized carbons (Fsp3) is 0.370. The number of nitrogens with zero attached hydrogens (tertiary/aromatic N) is 4. The molecule has 4 rings (SSSR count). The Morgan fingerprint density at radius 3 is 2.21 bits per heavy atom. The number of rotatable bonds is 7. The van der Waals surface area contributed by atoms with Crippen LogP contribution in [0.2, 0.25) is 5.02 Å². The summed E-state index contributed by atoms with van der Waals surface area (Å²) in [5.74, 6) is -1.80. The zero-order valence-electron chi connectivity index (χ0n) is 23.4. The molecule has 16 heteroatoms. The van der Waals surface area contributed by atoms with Gasteiger partial charge < -0.3 is 20.6 Å². The highest BCUT2D eigenvalue weighted by Crippen LogP contribution is 2.29. The lowest BCUT2D eigenvalue weighted by Crippen LogP contribution is -2.40. The summed E-state index contributed by atoms with van der Waals surface area (Å²) in [7, 11) is -0.199. The maximum atomic E-state index is 13.2. The maximum Gasteiger partial charge on any atom is 0.490 e. The van der Waals surface area contributed by atoms with Crippen LogP contribution in [0, 0.1) is 6.92 Å². The van der Waals surface area contributed by atoms with Crippen molar-refractivity contribution in [1.82, 2.24) is 20.3 Å². The number of aromatic nitrogens is 3. The van der Waals surface area contributed by atoms with Crippen LogP contribution in [0.4, 0.5) is 24.9 Å². The Labute approximate surface area is 251 Å². The lowest BCUT2D eigenvalue weighted by molar-refractivity contribution is -0.192. The molecule has 1 aliphatic rings. The van der Waals surface area contributed by atoms with Crippen LogP contribution in [0.3, 0.4) is 0 Å². The highest BCUT2D eigenvalue weighted by Gasteiger charge is 2.38. The van der Waals surface area contributed by atoms with Gasteiger partial charge in [0.2, 0.25) is 15.8 Å². The number of anilines is 2. The van der Waals surface area contributed by atoms with Crippen molar-refractivity contribution in [3.63, 3.8) is 0 Å². The lowest BCUT2D eigenvalue weighted by atomic mass is 9.91. The number of alkyl halides is 3. The van der Waals surface area contributed by atoms with E-state index in [1.165, 1.54) is 24.4 Å². The van der Waals surface area contributed by atoms with E-state index < -0.39 is 27.9 Å². The van der Waals surface area contributed by atoms with Gasteiger partial charge in [-0.25, -0.2) is 23.2 Å². The topological polar surface area (TPSA) is 154 Å². The minimum absolute atomic E-state index is 0.00189. The highest BCUT2D eigenvalue weighted by molar-refractivity contribution is 7.91. The van der Waals surface area contributed by atoms with Gasteiger partial charge in [0.1, 0.15) is 5.82 Å². The summed E-state index contributed by atoms with van der Waals surface area (Å²) in [4.78, 5) is 36.9. The third kappa shape index (κ3) is 9.00. The number of carboxylic acid groups (broad SMARTS) is 1. The maximum absolute atomic E-state index is 13.2. The van der Waals surface area contributed by atoms with E-state index in [2.05, 4.69) is 25.6 Å². The fourth-order valence-corrected chi connectivity index (χ4v) is 6.10. The Morgan fingerprint density at radius 1 is 1.02 bits per heavy atom. The summed E-state index contributed by atoms with van der Waals surface area (Å²) in [6, 6.07) is 11.2. The number of sulfone groups is 1. The average molecular weight is 643 g/mol. The first-order chi connectivity index (χ1) is 20.1. The molecule has 1 aliphatic carbocycles. The van der Waals surface area contributed by atoms with Gasteiger partial charge in [-0.05, 0) is 56.9 Å². The Balaban J connectivity index is 0.000000646. The van der Waals surface area contributed by atoms with Crippen molar-refractivity contribution in [3.05, 3.63) is 64.9 Å². The monoisotopic (exact) mass is 642 g/mol. The van der Waals surface area contributed by atoms with Gasteiger partial charge in [0.15, 0.2) is 5.03 Å². The molecule has 2 aromatic heterocycles. The Kier molecular flexibility index (Phi) is 10.9. The number of carboxylic acids is 1. The molecule has 0 unspecified atom stereocenters. The van der Waals surface area contributed by atoms with Crippen LogP contribution >= 0.6 is 11.6 Å². The van der Waals surface area contributed by atoms with Crippen molar-refractivity contribution >= 4 is 45.1 Å². The van der Waals surface area contributed by atoms with Crippen molar-refractivity contribution in [3.8, 4) is 0 Å². The molecular weight excluding hydrogens is 613 g/mol. The van der Waals surface area contributed by atoms with E-state index in [1.807, 2.05) is 32.0 Å². The molecule has 11 nitrogen and oxygen atoms in total. The van der Waals surface area contributed by atoms with E-state index in [9.17, 15) is 26.4 Å². The number of amides is 1. The van der Waals surface area contributed by atoms with E-state index in [0.717, 1.165) is 37.2 Å². The van der Waals surface area contributed by atoms with Crippen LogP contribution in [0.25, 0.3) is 0 Å². The number of hydrogen-bond donors (Lipinski definition) is 3. The van der Waals surface area contributed by atoms with E-state index >= 15 is 0 Å². The van der Waals surface area contributed by atoms with Gasteiger partial charge in [-0.1, -0.05) is 23.7 Å². The second-order valence-corrected chi connectivity index (χ2v) is 12.1. The Bertz CT molecular complexity index is 1560. The van der Waals surface area contributed by atoms with Crippen molar-refractivity contribution in [2.45, 2.75) is 60.8 Å². The SMILES string of the molecule is Cc1cc(N(C)C)nc(N[C@H]2CC[C@@H](NC(=O)c3cccnc3S(=O)(=O)c3ccccc3Cl)CC2)n1.O=C(O)C(F)(F)F. The second kappa shape index (κ2) is 14.0. The summed E-state index contributed by atoms with van der Waals surface area (Å²) in [6.45, 7) is 1.94. The number of aryl methyl sites for hydroxylation is 1. The standard InChI is InChI=1S/C25H29ClN6O3S.C2HF3O2/c1-16-15-22(32(2)3)31-25(28-16)30-18-12-10-17(11-13-18)29-23(33)19-7-6-14-27-24(19)36(34,35)21-9-5-4-8-20(21)26;3-2(4,5)1(6)7/h4-9,14-15,17-18H,10-13H2,1-3H3,(H,29,33)(H,28,30,31);(H,6,7)/t17-,18+;. The molecule has 0 atom stereocenters. The molecule has 3 aromatic rings. The second-order valence-electron chi connectivity index (χ2n) is 9.84. The van der Waals surface area contributed by atoms with Crippen molar-refractivity contribution in [2.75, 3.05) is 24.3 Å². The van der Waals surface area contributed by atoms with Crippen LogP contribution in [-0.4, -0.2) is 72.7 Å². The molecule has 0 saturated heterocycles. The van der Waals surface area contributed by atoms with Crippen molar-refractivity contribution in [1.29, 1.82) is 0 Å². The quantitative estimate of drug-likeness (QED) is 0.335. The van der Waals surface area contributed by atoms with E-state index in [4.69, 9.17) is 21.5 Å². The van der Waals surface area contributed by atoms with Crippen LogP contribution < -0.4 is 15.5 Å². The number of aliphatic carboxylic acids is 1. The van der Waals surface area contributed by atoms with Crippen molar-refractivity contribution in [2.24, 2.45) is 0 Å². The molecule has 232 valence electrons. The highest BCUT2D eigenvalue weighted by atomic mass is 35.5. The fourth-order valence-electron chi connectivity index (χ4n) is 4.22. The Morgan fingerprint density at radius 2 is 1.63 bits per heavy atom. The molecular formula is C27H30ClF3N6O5S. The van der Waals surface area contributed by atoms with Gasteiger partial charge in [-0.2, -0.15) is 18.2 Å². The summed E-state index contributed by atoms with van der Waals surface area (Å²) >= 11 is 6.13. The van der Waals surface area contributed by atoms with Crippen LogP contribution in [0.1, 0.15) is 41.7 Å². The zero-order valence-corrected chi connectivity index (χ0v) is 25.0. The minimum Gasteiger partial charge on any atom is -0.475 e. The molecule has 1 saturated carbocycles. The molecule has 1 fully saturated rings. The number of carbonyl (C=O) groups excluding carboxylic acids is 1. The van der Waals surface area contributed by atoms with Gasteiger partial charge in [0.25, 0.3) is 5.91 Å². The number of nitrogens with one attached hydrogen (secondary N) is 2. The van der Waals surface area contributed by atoms with Gasteiger partial charge in [-0.3, -0.25) is 4.79 Å². The first kappa shape index (κ1) is 33.5. The van der Waals surface area contributed by atoms with Crippen LogP contribution in [0.15, 0.2) is 58.6 Å². The molecule has 0 radical (unpaired) electrons. The molecule has 43 heavy (non-hydrogen) atoms. The number of benzene rings is 1. The number of hydrogen-bond acceptors (Lipinski definition) is 9. The van der Waals surface area contributed by atoms with Gasteiger partial charge in [-0.15, -0.1) is 0 Å². The van der Waals surface area contributed by atoms with E-state index in [0.29, 0.717) is 5.95 Å². The normalized spacial score (nSPS) is 16.8. The first-order valence-corrected chi connectivity index (χ1v) is 14.8. The third-order valence-electron chi connectivity index (χ3n) is 6.33. The molecule has 0 spiro atoms. The first-order valence-electron chi connectivity index (χ1n) is 12.9. The third-order valence-corrected chi connectivity index (χ3v) is 8.54. The smallest absolute Gasteiger partial charge is 0.475 e. The number of carbonyl (C=O) groups is 2. The van der Waals surface area contributed by atoms with Gasteiger partial charge in [0.05, 0.1) is 15.5 Å². The number of pyridine rings is 1. The summed E-state index contributed by atoms with van der Waals surface area (Å²) < 4.78 is 58.2. The molecule has 0 aliphatic heterocycles. The van der Waals surface area contributed by atoms with E-state index in [-0.39, 0.29) is 32.6 Å². The summed E-state index contributed by atoms with van der Waals surface area (Å²) in [5, 5.41) is 13.3. The molecule has 2 heterocycles. The largest absolute Gasteiger partial charge is 0.490 e. The summed E-state index contributed by atoms with van der Waals surface area (Å²) in [6.07, 6.45) is -0.619. The number of halogens is 4. The zero-order chi connectivity index (χ0) is 31.9. The summed E-state index contributed by atoms with van der Waals surface area (Å²) in [5.41, 5.74) is 0.887.